The van der Waals surface area contributed by atoms with Gasteiger partial charge in [-0.05, 0) is 55.0 Å². The van der Waals surface area contributed by atoms with Crippen LogP contribution in [0.1, 0.15) is 28.8 Å². The first kappa shape index (κ1) is 15.0. The molecule has 0 aliphatic carbocycles. The summed E-state index contributed by atoms with van der Waals surface area (Å²) in [5.74, 6) is 0.847. The van der Waals surface area contributed by atoms with E-state index in [4.69, 9.17) is 0 Å². The van der Waals surface area contributed by atoms with Crippen molar-refractivity contribution in [3.05, 3.63) is 71.9 Å². The maximum Gasteiger partial charge on any atom is 0.253 e. The molecular formula is C21H22N2O. The van der Waals surface area contributed by atoms with Gasteiger partial charge in [0.2, 0.25) is 0 Å². The van der Waals surface area contributed by atoms with Crippen LogP contribution in [0.4, 0.5) is 0 Å². The summed E-state index contributed by atoms with van der Waals surface area (Å²) in [6, 6.07) is 18.6. The summed E-state index contributed by atoms with van der Waals surface area (Å²) in [6.07, 6.45) is 5.21. The van der Waals surface area contributed by atoms with Crippen molar-refractivity contribution in [1.82, 2.24) is 9.88 Å². The van der Waals surface area contributed by atoms with Gasteiger partial charge in [0.25, 0.3) is 5.91 Å². The largest absolute Gasteiger partial charge is 0.361 e. The van der Waals surface area contributed by atoms with Crippen molar-refractivity contribution in [2.24, 2.45) is 5.92 Å². The monoisotopic (exact) mass is 318 g/mol. The fourth-order valence-corrected chi connectivity index (χ4v) is 3.66. The van der Waals surface area contributed by atoms with Gasteiger partial charge in [0.05, 0.1) is 0 Å². The molecule has 3 nitrogen and oxygen atoms in total. The summed E-state index contributed by atoms with van der Waals surface area (Å²) in [5, 5.41) is 1.10. The second-order valence-corrected chi connectivity index (χ2v) is 6.70. The number of piperidine rings is 1. The van der Waals surface area contributed by atoms with E-state index in [1.807, 2.05) is 35.4 Å². The van der Waals surface area contributed by atoms with Gasteiger partial charge in [0.1, 0.15) is 0 Å². The second-order valence-electron chi connectivity index (χ2n) is 6.70. The average Bonchev–Trinajstić information content (AvgIpc) is 3.10. The predicted molar refractivity (Wildman–Crippen MR) is 97.1 cm³/mol. The Kier molecular flexibility index (Phi) is 4.08. The molecule has 1 aliphatic heterocycles. The van der Waals surface area contributed by atoms with Crippen LogP contribution < -0.4 is 0 Å². The molecule has 4 rings (SSSR count). The van der Waals surface area contributed by atoms with Crippen LogP contribution >= 0.6 is 0 Å². The Morgan fingerprint density at radius 1 is 1.04 bits per heavy atom. The molecule has 3 heteroatoms. The SMILES string of the molecule is O=C(c1ccc2[nH]ccc2c1)N1CCC(Cc2ccccc2)CC1. The minimum absolute atomic E-state index is 0.163. The molecule has 24 heavy (non-hydrogen) atoms. The molecule has 1 amide bonds. The average molecular weight is 318 g/mol. The summed E-state index contributed by atoms with van der Waals surface area (Å²) in [6.45, 7) is 1.73. The normalized spacial score (nSPS) is 15.8. The summed E-state index contributed by atoms with van der Waals surface area (Å²) >= 11 is 0. The summed E-state index contributed by atoms with van der Waals surface area (Å²) in [5.41, 5.74) is 3.27. The minimum Gasteiger partial charge on any atom is -0.361 e. The number of carbonyl (C=O) groups excluding carboxylic acids is 1. The van der Waals surface area contributed by atoms with Crippen LogP contribution in [0.15, 0.2) is 60.8 Å². The smallest absolute Gasteiger partial charge is 0.253 e. The molecule has 122 valence electrons. The van der Waals surface area contributed by atoms with Crippen molar-refractivity contribution >= 4 is 16.8 Å². The van der Waals surface area contributed by atoms with Gasteiger partial charge in [-0.25, -0.2) is 0 Å². The van der Waals surface area contributed by atoms with Crippen LogP contribution in [0.2, 0.25) is 0 Å². The standard InChI is InChI=1S/C21H22N2O/c24-21(19-6-7-20-18(15-19)8-11-22-20)23-12-9-17(10-13-23)14-16-4-2-1-3-5-16/h1-8,11,15,17,22H,9-10,12-14H2. The van der Waals surface area contributed by atoms with Gasteiger partial charge in [-0.3, -0.25) is 4.79 Å². The maximum absolute atomic E-state index is 12.7. The van der Waals surface area contributed by atoms with E-state index in [0.717, 1.165) is 48.8 Å². The Balaban J connectivity index is 1.39. The van der Waals surface area contributed by atoms with Crippen LogP contribution in [0.5, 0.6) is 0 Å². The lowest BCUT2D eigenvalue weighted by Crippen LogP contribution is -2.38. The number of aromatic amines is 1. The van der Waals surface area contributed by atoms with Crippen molar-refractivity contribution in [2.75, 3.05) is 13.1 Å². The fourth-order valence-electron chi connectivity index (χ4n) is 3.66. The van der Waals surface area contributed by atoms with Crippen LogP contribution in [0.25, 0.3) is 10.9 Å². The van der Waals surface area contributed by atoms with Gasteiger partial charge >= 0.3 is 0 Å². The van der Waals surface area contributed by atoms with E-state index in [0.29, 0.717) is 5.92 Å². The van der Waals surface area contributed by atoms with Gasteiger partial charge < -0.3 is 9.88 Å². The zero-order valence-electron chi connectivity index (χ0n) is 13.7. The van der Waals surface area contributed by atoms with E-state index in [1.54, 1.807) is 0 Å². The van der Waals surface area contributed by atoms with E-state index in [1.165, 1.54) is 5.56 Å². The predicted octanol–water partition coefficient (Wildman–Crippen LogP) is 4.26. The van der Waals surface area contributed by atoms with Crippen molar-refractivity contribution < 1.29 is 4.79 Å². The third-order valence-electron chi connectivity index (χ3n) is 5.07. The first-order valence-electron chi connectivity index (χ1n) is 8.70. The summed E-state index contributed by atoms with van der Waals surface area (Å²) in [7, 11) is 0. The number of carbonyl (C=O) groups is 1. The van der Waals surface area contributed by atoms with Gasteiger partial charge in [0, 0.05) is 35.8 Å². The number of likely N-dealkylation sites (tertiary alicyclic amines) is 1. The molecule has 2 aromatic carbocycles. The maximum atomic E-state index is 12.7. The molecule has 0 bridgehead atoms. The van der Waals surface area contributed by atoms with Gasteiger partial charge in [-0.2, -0.15) is 0 Å². The Morgan fingerprint density at radius 3 is 2.62 bits per heavy atom. The number of fused-ring (bicyclic) bond motifs is 1. The molecular weight excluding hydrogens is 296 g/mol. The minimum atomic E-state index is 0.163. The third kappa shape index (κ3) is 3.07. The van der Waals surface area contributed by atoms with Crippen molar-refractivity contribution in [3.8, 4) is 0 Å². The van der Waals surface area contributed by atoms with Crippen molar-refractivity contribution in [2.45, 2.75) is 19.3 Å². The van der Waals surface area contributed by atoms with E-state index in [2.05, 4.69) is 35.3 Å². The number of rotatable bonds is 3. The van der Waals surface area contributed by atoms with Gasteiger partial charge in [-0.15, -0.1) is 0 Å². The topological polar surface area (TPSA) is 36.1 Å². The molecule has 2 heterocycles. The Labute approximate surface area is 142 Å². The molecule has 0 unspecified atom stereocenters. The molecule has 1 saturated heterocycles. The fraction of sp³-hybridized carbons (Fsp3) is 0.286. The molecule has 1 fully saturated rings. The quantitative estimate of drug-likeness (QED) is 0.769. The first-order chi connectivity index (χ1) is 11.8. The van der Waals surface area contributed by atoms with E-state index >= 15 is 0 Å². The number of nitrogens with one attached hydrogen (secondary N) is 1. The zero-order chi connectivity index (χ0) is 16.4. The molecule has 3 aromatic rings. The highest BCUT2D eigenvalue weighted by molar-refractivity contribution is 5.98. The van der Waals surface area contributed by atoms with E-state index < -0.39 is 0 Å². The second kappa shape index (κ2) is 6.52. The lowest BCUT2D eigenvalue weighted by atomic mass is 9.90. The molecule has 0 radical (unpaired) electrons. The Hall–Kier alpha value is -2.55. The molecule has 0 spiro atoms. The summed E-state index contributed by atoms with van der Waals surface area (Å²) in [4.78, 5) is 17.9. The molecule has 1 N–H and O–H groups in total. The number of hydrogen-bond acceptors (Lipinski definition) is 1. The zero-order valence-corrected chi connectivity index (χ0v) is 13.7. The van der Waals surface area contributed by atoms with Crippen molar-refractivity contribution in [3.63, 3.8) is 0 Å². The first-order valence-corrected chi connectivity index (χ1v) is 8.70. The molecule has 1 aliphatic rings. The highest BCUT2D eigenvalue weighted by Crippen LogP contribution is 2.23. The number of benzene rings is 2. The lowest BCUT2D eigenvalue weighted by Gasteiger charge is -2.32. The Morgan fingerprint density at radius 2 is 1.83 bits per heavy atom. The molecule has 0 saturated carbocycles. The number of nitrogens with zero attached hydrogens (tertiary/aromatic N) is 1. The van der Waals surface area contributed by atoms with Crippen LogP contribution in [-0.4, -0.2) is 28.9 Å². The highest BCUT2D eigenvalue weighted by atomic mass is 16.2. The molecule has 0 atom stereocenters. The third-order valence-corrected chi connectivity index (χ3v) is 5.07. The van der Waals surface area contributed by atoms with Crippen LogP contribution in [0.3, 0.4) is 0 Å². The van der Waals surface area contributed by atoms with E-state index in [9.17, 15) is 4.79 Å². The molecule has 1 aromatic heterocycles. The lowest BCUT2D eigenvalue weighted by molar-refractivity contribution is 0.0691. The van der Waals surface area contributed by atoms with Gasteiger partial charge in [-0.1, -0.05) is 30.3 Å². The number of amides is 1. The number of aromatic nitrogens is 1. The van der Waals surface area contributed by atoms with Crippen LogP contribution in [-0.2, 0) is 6.42 Å². The van der Waals surface area contributed by atoms with Gasteiger partial charge in [0.15, 0.2) is 0 Å². The summed E-state index contributed by atoms with van der Waals surface area (Å²) < 4.78 is 0. The van der Waals surface area contributed by atoms with Crippen molar-refractivity contribution in [1.29, 1.82) is 0 Å². The highest BCUT2D eigenvalue weighted by Gasteiger charge is 2.23. The Bertz CT molecular complexity index is 829. The number of hydrogen-bond donors (Lipinski definition) is 1. The number of H-pyrrole nitrogens is 1. The van der Waals surface area contributed by atoms with Crippen LogP contribution in [0, 0.1) is 5.92 Å². The van der Waals surface area contributed by atoms with E-state index in [-0.39, 0.29) is 5.91 Å².